The van der Waals surface area contributed by atoms with Gasteiger partial charge in [0.25, 0.3) is 0 Å². The summed E-state index contributed by atoms with van der Waals surface area (Å²) in [6.45, 7) is 0.487. The monoisotopic (exact) mass is 244 g/mol. The van der Waals surface area contributed by atoms with Crippen molar-refractivity contribution >= 4 is 12.3 Å². The maximum Gasteiger partial charge on any atom is 0.354 e. The van der Waals surface area contributed by atoms with E-state index in [2.05, 4.69) is 9.72 Å². The number of pyridine rings is 1. The van der Waals surface area contributed by atoms with Crippen molar-refractivity contribution in [2.24, 2.45) is 0 Å². The molecular weight excluding hydrogens is 232 g/mol. The Morgan fingerprint density at radius 3 is 2.78 bits per heavy atom. The van der Waals surface area contributed by atoms with Crippen LogP contribution in [0, 0.1) is 0 Å². The molecule has 2 aromatic heterocycles. The fraction of sp³-hybridized carbons (Fsp3) is 0.154. The Hall–Kier alpha value is -2.43. The summed E-state index contributed by atoms with van der Waals surface area (Å²) in [6.07, 6.45) is 5.68. The summed E-state index contributed by atoms with van der Waals surface area (Å²) in [6, 6.07) is 5.21. The van der Waals surface area contributed by atoms with Crippen LogP contribution in [0.2, 0.25) is 0 Å². The molecule has 0 fully saturated rings. The van der Waals surface area contributed by atoms with Gasteiger partial charge in [0, 0.05) is 30.7 Å². The van der Waals surface area contributed by atoms with E-state index in [1.807, 2.05) is 12.1 Å². The van der Waals surface area contributed by atoms with E-state index in [-0.39, 0.29) is 0 Å². The average molecular weight is 244 g/mol. The molecule has 0 saturated heterocycles. The number of carbonyl (C=O) groups excluding carboxylic acids is 2. The van der Waals surface area contributed by atoms with Gasteiger partial charge in [-0.15, -0.1) is 0 Å². The molecule has 5 nitrogen and oxygen atoms in total. The molecule has 2 rings (SSSR count). The lowest BCUT2D eigenvalue weighted by atomic mass is 10.2. The standard InChI is InChI=1S/C13H12N2O3/c1-18-13(17)12-6-11(9-16)8-15(12)7-10-2-4-14-5-3-10/h2-6,8-9H,7H2,1H3. The third-order valence-corrected chi connectivity index (χ3v) is 2.55. The minimum Gasteiger partial charge on any atom is -0.464 e. The SMILES string of the molecule is COC(=O)c1cc(C=O)cn1Cc1ccncc1. The highest BCUT2D eigenvalue weighted by Crippen LogP contribution is 2.11. The number of nitrogens with zero attached hydrogens (tertiary/aromatic N) is 2. The second-order valence-corrected chi connectivity index (χ2v) is 3.75. The van der Waals surface area contributed by atoms with Crippen molar-refractivity contribution in [3.05, 3.63) is 53.6 Å². The third kappa shape index (κ3) is 2.45. The number of ether oxygens (including phenoxy) is 1. The maximum atomic E-state index is 11.6. The molecule has 0 saturated carbocycles. The largest absolute Gasteiger partial charge is 0.464 e. The van der Waals surface area contributed by atoms with Crippen LogP contribution in [0.25, 0.3) is 0 Å². The Kier molecular flexibility index (Phi) is 3.52. The van der Waals surface area contributed by atoms with Gasteiger partial charge in [0.15, 0.2) is 6.29 Å². The van der Waals surface area contributed by atoms with Crippen molar-refractivity contribution < 1.29 is 14.3 Å². The molecule has 0 bridgehead atoms. The summed E-state index contributed by atoms with van der Waals surface area (Å²) in [7, 11) is 1.31. The van der Waals surface area contributed by atoms with E-state index < -0.39 is 5.97 Å². The lowest BCUT2D eigenvalue weighted by Gasteiger charge is -2.07. The normalized spacial score (nSPS) is 10.1. The van der Waals surface area contributed by atoms with Gasteiger partial charge in [0.1, 0.15) is 5.69 Å². The van der Waals surface area contributed by atoms with Gasteiger partial charge in [-0.1, -0.05) is 0 Å². The van der Waals surface area contributed by atoms with E-state index in [1.54, 1.807) is 23.2 Å². The smallest absolute Gasteiger partial charge is 0.354 e. The Morgan fingerprint density at radius 2 is 2.17 bits per heavy atom. The molecule has 0 atom stereocenters. The van der Waals surface area contributed by atoms with Crippen molar-refractivity contribution in [1.82, 2.24) is 9.55 Å². The first-order valence-corrected chi connectivity index (χ1v) is 5.37. The fourth-order valence-electron chi connectivity index (χ4n) is 1.69. The number of aromatic nitrogens is 2. The van der Waals surface area contributed by atoms with Crippen LogP contribution in [0.1, 0.15) is 26.4 Å². The summed E-state index contributed by atoms with van der Waals surface area (Å²) in [5.41, 5.74) is 1.80. The Balaban J connectivity index is 2.34. The lowest BCUT2D eigenvalue weighted by Crippen LogP contribution is -2.10. The lowest BCUT2D eigenvalue weighted by molar-refractivity contribution is 0.0589. The molecular formula is C13H12N2O3. The van der Waals surface area contributed by atoms with Gasteiger partial charge in [-0.3, -0.25) is 9.78 Å². The number of methoxy groups -OCH3 is 1. The van der Waals surface area contributed by atoms with Crippen LogP contribution in [0.5, 0.6) is 0 Å². The second kappa shape index (κ2) is 5.27. The Labute approximate surface area is 104 Å². The van der Waals surface area contributed by atoms with Gasteiger partial charge in [0.2, 0.25) is 0 Å². The minimum absolute atomic E-state index is 0.358. The van der Waals surface area contributed by atoms with Crippen LogP contribution in [-0.4, -0.2) is 28.9 Å². The van der Waals surface area contributed by atoms with E-state index in [0.717, 1.165) is 5.56 Å². The van der Waals surface area contributed by atoms with E-state index in [9.17, 15) is 9.59 Å². The van der Waals surface area contributed by atoms with E-state index in [1.165, 1.54) is 13.2 Å². The van der Waals surface area contributed by atoms with Crippen LogP contribution >= 0.6 is 0 Å². The summed E-state index contributed by atoms with van der Waals surface area (Å²) in [4.78, 5) is 26.3. The average Bonchev–Trinajstić information content (AvgIpc) is 2.82. The molecule has 2 heterocycles. The molecule has 0 aliphatic carbocycles. The quantitative estimate of drug-likeness (QED) is 0.604. The Morgan fingerprint density at radius 1 is 1.44 bits per heavy atom. The second-order valence-electron chi connectivity index (χ2n) is 3.75. The van der Waals surface area contributed by atoms with Crippen LogP contribution in [0.15, 0.2) is 36.8 Å². The van der Waals surface area contributed by atoms with E-state index in [0.29, 0.717) is 24.1 Å². The molecule has 0 spiro atoms. The third-order valence-electron chi connectivity index (χ3n) is 2.55. The summed E-state index contributed by atoms with van der Waals surface area (Å²) in [5.74, 6) is -0.461. The summed E-state index contributed by atoms with van der Waals surface area (Å²) >= 11 is 0. The predicted molar refractivity (Wildman–Crippen MR) is 64.5 cm³/mol. The molecule has 0 unspecified atom stereocenters. The summed E-state index contributed by atoms with van der Waals surface area (Å²) in [5, 5.41) is 0. The topological polar surface area (TPSA) is 61.2 Å². The molecule has 0 radical (unpaired) electrons. The maximum absolute atomic E-state index is 11.6. The highest BCUT2D eigenvalue weighted by atomic mass is 16.5. The predicted octanol–water partition coefficient (Wildman–Crippen LogP) is 1.53. The van der Waals surface area contributed by atoms with Crippen LogP contribution in [0.3, 0.4) is 0 Å². The van der Waals surface area contributed by atoms with Gasteiger partial charge >= 0.3 is 5.97 Å². The van der Waals surface area contributed by atoms with Crippen molar-refractivity contribution in [2.75, 3.05) is 7.11 Å². The number of esters is 1. The molecule has 0 amide bonds. The molecule has 18 heavy (non-hydrogen) atoms. The zero-order valence-electron chi connectivity index (χ0n) is 9.87. The number of hydrogen-bond donors (Lipinski definition) is 0. The minimum atomic E-state index is -0.461. The van der Waals surface area contributed by atoms with E-state index >= 15 is 0 Å². The van der Waals surface area contributed by atoms with Crippen molar-refractivity contribution in [2.45, 2.75) is 6.54 Å². The highest BCUT2D eigenvalue weighted by molar-refractivity contribution is 5.90. The molecule has 2 aromatic rings. The van der Waals surface area contributed by atoms with Crippen molar-refractivity contribution in [1.29, 1.82) is 0 Å². The fourth-order valence-corrected chi connectivity index (χ4v) is 1.69. The highest BCUT2D eigenvalue weighted by Gasteiger charge is 2.14. The first-order valence-electron chi connectivity index (χ1n) is 5.37. The van der Waals surface area contributed by atoms with Gasteiger partial charge in [-0.05, 0) is 23.8 Å². The van der Waals surface area contributed by atoms with Crippen molar-refractivity contribution in [3.63, 3.8) is 0 Å². The first-order chi connectivity index (χ1) is 8.74. The number of aldehydes is 1. The first kappa shape index (κ1) is 12.0. The molecule has 92 valence electrons. The van der Waals surface area contributed by atoms with Crippen LogP contribution in [0.4, 0.5) is 0 Å². The molecule has 0 aliphatic heterocycles. The molecule has 5 heteroatoms. The van der Waals surface area contributed by atoms with Crippen LogP contribution < -0.4 is 0 Å². The zero-order chi connectivity index (χ0) is 13.0. The van der Waals surface area contributed by atoms with Gasteiger partial charge in [-0.2, -0.15) is 0 Å². The zero-order valence-corrected chi connectivity index (χ0v) is 9.87. The summed E-state index contributed by atoms with van der Waals surface area (Å²) < 4.78 is 6.37. The molecule has 0 N–H and O–H groups in total. The molecule has 0 aliphatic rings. The van der Waals surface area contributed by atoms with Gasteiger partial charge < -0.3 is 9.30 Å². The number of rotatable bonds is 4. The Bertz CT molecular complexity index is 561. The van der Waals surface area contributed by atoms with Gasteiger partial charge in [0.05, 0.1) is 7.11 Å². The van der Waals surface area contributed by atoms with Gasteiger partial charge in [-0.25, -0.2) is 4.79 Å². The molecule has 0 aromatic carbocycles. The number of hydrogen-bond acceptors (Lipinski definition) is 4. The van der Waals surface area contributed by atoms with Crippen LogP contribution in [-0.2, 0) is 11.3 Å². The van der Waals surface area contributed by atoms with Crippen molar-refractivity contribution in [3.8, 4) is 0 Å². The van der Waals surface area contributed by atoms with E-state index in [4.69, 9.17) is 0 Å². The number of carbonyl (C=O) groups is 2.